The molecule has 0 aliphatic carbocycles. The molecule has 0 unspecified atom stereocenters. The zero-order valence-corrected chi connectivity index (χ0v) is 12.7. The van der Waals surface area contributed by atoms with Gasteiger partial charge in [-0.25, -0.2) is 4.98 Å². The van der Waals surface area contributed by atoms with Gasteiger partial charge in [-0.05, 0) is 19.1 Å². The normalized spacial score (nSPS) is 11.3. The molecule has 20 heavy (non-hydrogen) atoms. The number of hydrogen-bond acceptors (Lipinski definition) is 5. The van der Waals surface area contributed by atoms with Crippen molar-refractivity contribution in [1.29, 1.82) is 0 Å². The largest absolute Gasteiger partial charge is 0.466 e. The molecule has 2 aromatic heterocycles. The van der Waals surface area contributed by atoms with E-state index in [1.54, 1.807) is 23.7 Å². The smallest absolute Gasteiger partial charge is 0.306 e. The van der Waals surface area contributed by atoms with Crippen LogP contribution in [0, 0.1) is 0 Å². The summed E-state index contributed by atoms with van der Waals surface area (Å²) in [7, 11) is 0. The Hall–Kier alpha value is -1.75. The van der Waals surface area contributed by atoms with Crippen molar-refractivity contribution in [3.8, 4) is 10.6 Å². The fourth-order valence-electron chi connectivity index (χ4n) is 1.87. The molecule has 0 fully saturated rings. The van der Waals surface area contributed by atoms with E-state index in [1.165, 1.54) is 0 Å². The van der Waals surface area contributed by atoms with Crippen LogP contribution in [0.1, 0.15) is 32.9 Å². The van der Waals surface area contributed by atoms with Gasteiger partial charge in [0.25, 0.3) is 0 Å². The minimum absolute atomic E-state index is 0.187. The van der Waals surface area contributed by atoms with E-state index in [0.29, 0.717) is 13.0 Å². The highest BCUT2D eigenvalue weighted by atomic mass is 32.1. The summed E-state index contributed by atoms with van der Waals surface area (Å²) >= 11 is 1.57. The van der Waals surface area contributed by atoms with E-state index in [1.807, 2.05) is 38.3 Å². The van der Waals surface area contributed by atoms with E-state index in [9.17, 15) is 4.79 Å². The second kappa shape index (κ2) is 6.13. The third kappa shape index (κ3) is 3.42. The molecule has 4 nitrogen and oxygen atoms in total. The number of carbonyl (C=O) groups is 1. The summed E-state index contributed by atoms with van der Waals surface area (Å²) in [6, 6.07) is 3.87. The highest BCUT2D eigenvalue weighted by Gasteiger charge is 2.28. The third-order valence-corrected chi connectivity index (χ3v) is 3.89. The molecule has 0 amide bonds. The molecule has 0 N–H and O–H groups in total. The minimum Gasteiger partial charge on any atom is -0.466 e. The van der Waals surface area contributed by atoms with Gasteiger partial charge in [-0.1, -0.05) is 13.8 Å². The summed E-state index contributed by atoms with van der Waals surface area (Å²) < 4.78 is 5.02. The third-order valence-electron chi connectivity index (χ3n) is 3.00. The van der Waals surface area contributed by atoms with Gasteiger partial charge in [0.2, 0.25) is 0 Å². The summed E-state index contributed by atoms with van der Waals surface area (Å²) in [6.45, 7) is 6.24. The molecule has 0 radical (unpaired) electrons. The molecule has 0 saturated heterocycles. The van der Waals surface area contributed by atoms with E-state index < -0.39 is 0 Å². The molecule has 2 heterocycles. The van der Waals surface area contributed by atoms with Crippen LogP contribution in [-0.2, 0) is 14.9 Å². The Balaban J connectivity index is 2.17. The van der Waals surface area contributed by atoms with Gasteiger partial charge >= 0.3 is 5.97 Å². The summed E-state index contributed by atoms with van der Waals surface area (Å²) in [5.74, 6) is -0.187. The number of aromatic nitrogens is 2. The Kier molecular flexibility index (Phi) is 4.49. The number of ether oxygens (including phenoxy) is 1. The van der Waals surface area contributed by atoms with E-state index in [4.69, 9.17) is 4.74 Å². The van der Waals surface area contributed by atoms with Gasteiger partial charge in [0.15, 0.2) is 0 Å². The fourth-order valence-corrected chi connectivity index (χ4v) is 2.87. The van der Waals surface area contributed by atoms with Crippen LogP contribution in [0.25, 0.3) is 10.6 Å². The maximum Gasteiger partial charge on any atom is 0.306 e. The van der Waals surface area contributed by atoms with Crippen LogP contribution in [0.5, 0.6) is 0 Å². The van der Waals surface area contributed by atoms with Crippen molar-refractivity contribution in [2.75, 3.05) is 6.61 Å². The van der Waals surface area contributed by atoms with Crippen molar-refractivity contribution in [2.45, 2.75) is 32.6 Å². The molecular weight excluding hydrogens is 272 g/mol. The van der Waals surface area contributed by atoms with Crippen LogP contribution >= 0.6 is 11.3 Å². The van der Waals surface area contributed by atoms with Crippen LogP contribution < -0.4 is 0 Å². The molecule has 0 aromatic carbocycles. The Morgan fingerprint density at radius 2 is 2.25 bits per heavy atom. The van der Waals surface area contributed by atoms with Gasteiger partial charge < -0.3 is 4.74 Å². The van der Waals surface area contributed by atoms with Gasteiger partial charge in [-0.3, -0.25) is 9.78 Å². The number of hydrogen-bond donors (Lipinski definition) is 0. The Bertz CT molecular complexity index is 579. The predicted octanol–water partition coefficient (Wildman–Crippen LogP) is 3.44. The zero-order chi connectivity index (χ0) is 14.6. The molecule has 0 aliphatic rings. The molecule has 0 bridgehead atoms. The van der Waals surface area contributed by atoms with Gasteiger partial charge in [-0.2, -0.15) is 0 Å². The summed E-state index contributed by atoms with van der Waals surface area (Å²) in [5.41, 5.74) is 1.58. The zero-order valence-electron chi connectivity index (χ0n) is 11.9. The molecule has 0 atom stereocenters. The maximum atomic E-state index is 11.7. The van der Waals surface area contributed by atoms with Crippen molar-refractivity contribution in [3.63, 3.8) is 0 Å². The van der Waals surface area contributed by atoms with E-state index >= 15 is 0 Å². The monoisotopic (exact) mass is 290 g/mol. The van der Waals surface area contributed by atoms with Gasteiger partial charge in [0.1, 0.15) is 5.01 Å². The maximum absolute atomic E-state index is 11.7. The van der Waals surface area contributed by atoms with E-state index in [0.717, 1.165) is 16.3 Å². The van der Waals surface area contributed by atoms with E-state index in [2.05, 4.69) is 9.97 Å². The number of pyridine rings is 1. The van der Waals surface area contributed by atoms with Crippen molar-refractivity contribution in [3.05, 3.63) is 35.6 Å². The quantitative estimate of drug-likeness (QED) is 0.792. The first kappa shape index (κ1) is 14.7. The molecule has 106 valence electrons. The number of rotatable bonds is 5. The van der Waals surface area contributed by atoms with Crippen molar-refractivity contribution >= 4 is 17.3 Å². The Morgan fingerprint density at radius 1 is 1.45 bits per heavy atom. The molecule has 0 spiro atoms. The number of esters is 1. The first-order valence-electron chi connectivity index (χ1n) is 6.55. The lowest BCUT2D eigenvalue weighted by Crippen LogP contribution is -2.23. The van der Waals surface area contributed by atoms with Crippen LogP contribution in [0.3, 0.4) is 0 Å². The minimum atomic E-state index is -0.330. The number of nitrogens with zero attached hydrogens (tertiary/aromatic N) is 2. The lowest BCUT2D eigenvalue weighted by Gasteiger charge is -2.20. The lowest BCUT2D eigenvalue weighted by molar-refractivity contribution is -0.144. The van der Waals surface area contributed by atoms with E-state index in [-0.39, 0.29) is 11.4 Å². The molecule has 0 saturated carbocycles. The van der Waals surface area contributed by atoms with Crippen molar-refractivity contribution in [2.24, 2.45) is 0 Å². The summed E-state index contributed by atoms with van der Waals surface area (Å²) in [6.07, 6.45) is 3.86. The topological polar surface area (TPSA) is 52.1 Å². The standard InChI is InChI=1S/C15H18N2O2S/c1-4-19-13(18)8-15(2,3)12-10-20-14(17-12)11-6-5-7-16-9-11/h5-7,9-10H,4,8H2,1-3H3. The Morgan fingerprint density at radius 3 is 2.90 bits per heavy atom. The van der Waals surface area contributed by atoms with Gasteiger partial charge in [0, 0.05) is 28.8 Å². The average Bonchev–Trinajstić information content (AvgIpc) is 2.90. The first-order valence-corrected chi connectivity index (χ1v) is 7.43. The average molecular weight is 290 g/mol. The van der Waals surface area contributed by atoms with Crippen LogP contribution in [0.4, 0.5) is 0 Å². The summed E-state index contributed by atoms with van der Waals surface area (Å²) in [4.78, 5) is 20.4. The van der Waals surface area contributed by atoms with Crippen LogP contribution in [-0.4, -0.2) is 22.5 Å². The first-order chi connectivity index (χ1) is 9.53. The second-order valence-electron chi connectivity index (χ2n) is 5.15. The van der Waals surface area contributed by atoms with Gasteiger partial charge in [-0.15, -0.1) is 11.3 Å². The van der Waals surface area contributed by atoms with Gasteiger partial charge in [0.05, 0.1) is 18.7 Å². The predicted molar refractivity (Wildman–Crippen MR) is 79.6 cm³/mol. The molecule has 5 heteroatoms. The molecule has 2 rings (SSSR count). The highest BCUT2D eigenvalue weighted by molar-refractivity contribution is 7.13. The highest BCUT2D eigenvalue weighted by Crippen LogP contribution is 2.32. The summed E-state index contributed by atoms with van der Waals surface area (Å²) in [5, 5.41) is 2.92. The molecule has 0 aliphatic heterocycles. The van der Waals surface area contributed by atoms with Crippen LogP contribution in [0.15, 0.2) is 29.9 Å². The molecular formula is C15H18N2O2S. The second-order valence-corrected chi connectivity index (χ2v) is 6.00. The SMILES string of the molecule is CCOC(=O)CC(C)(C)c1csc(-c2cccnc2)n1. The number of thiazole rings is 1. The van der Waals surface area contributed by atoms with Crippen LogP contribution in [0.2, 0.25) is 0 Å². The lowest BCUT2D eigenvalue weighted by atomic mass is 9.86. The van der Waals surface area contributed by atoms with Crippen molar-refractivity contribution < 1.29 is 9.53 Å². The fraction of sp³-hybridized carbons (Fsp3) is 0.400. The van der Waals surface area contributed by atoms with Crippen molar-refractivity contribution in [1.82, 2.24) is 9.97 Å². The molecule has 2 aromatic rings. The Labute approximate surface area is 122 Å². The number of carbonyl (C=O) groups excluding carboxylic acids is 1.